The van der Waals surface area contributed by atoms with Crippen LogP contribution in [0.5, 0.6) is 0 Å². The molecule has 2 heterocycles. The summed E-state index contributed by atoms with van der Waals surface area (Å²) >= 11 is 0. The fraction of sp³-hybridized carbons (Fsp3) is 0.533. The van der Waals surface area contributed by atoms with E-state index in [2.05, 4.69) is 24.1 Å². The summed E-state index contributed by atoms with van der Waals surface area (Å²) in [7, 11) is 0. The second-order valence-corrected chi connectivity index (χ2v) is 5.53. The van der Waals surface area contributed by atoms with Crippen LogP contribution < -0.4 is 11.1 Å². The van der Waals surface area contributed by atoms with Crippen molar-refractivity contribution < 1.29 is 9.15 Å². The van der Waals surface area contributed by atoms with Crippen LogP contribution in [0.3, 0.4) is 0 Å². The molecule has 0 spiro atoms. The smallest absolute Gasteiger partial charge is 0.408 e. The number of nitrogens with one attached hydrogen (secondary N) is 2. The van der Waals surface area contributed by atoms with Crippen molar-refractivity contribution >= 4 is 11.1 Å². The van der Waals surface area contributed by atoms with Gasteiger partial charge in [-0.05, 0) is 44.0 Å². The third kappa shape index (κ3) is 2.27. The van der Waals surface area contributed by atoms with Gasteiger partial charge in [0, 0.05) is 6.61 Å². The van der Waals surface area contributed by atoms with E-state index in [1.807, 2.05) is 18.2 Å². The summed E-state index contributed by atoms with van der Waals surface area (Å²) < 4.78 is 11.1. The van der Waals surface area contributed by atoms with Crippen LogP contribution in [0.2, 0.25) is 0 Å². The van der Waals surface area contributed by atoms with Gasteiger partial charge in [-0.2, -0.15) is 0 Å². The van der Waals surface area contributed by atoms with Crippen LogP contribution in [0.25, 0.3) is 11.1 Å². The molecule has 1 saturated heterocycles. The van der Waals surface area contributed by atoms with Gasteiger partial charge in [0.05, 0.1) is 17.2 Å². The van der Waals surface area contributed by atoms with Gasteiger partial charge in [0.25, 0.3) is 0 Å². The number of benzene rings is 1. The Labute approximate surface area is 117 Å². The van der Waals surface area contributed by atoms with Crippen molar-refractivity contribution in [3.8, 4) is 0 Å². The number of hydrogen-bond donors (Lipinski definition) is 2. The van der Waals surface area contributed by atoms with Crippen molar-refractivity contribution in [1.29, 1.82) is 0 Å². The van der Waals surface area contributed by atoms with Crippen molar-refractivity contribution in [1.82, 2.24) is 10.3 Å². The molecule has 1 fully saturated rings. The highest BCUT2D eigenvalue weighted by Gasteiger charge is 2.39. The van der Waals surface area contributed by atoms with Gasteiger partial charge in [0.15, 0.2) is 5.58 Å². The summed E-state index contributed by atoms with van der Waals surface area (Å²) in [5, 5.41) is 3.50. The Kier molecular flexibility index (Phi) is 3.40. The number of ether oxygens (including phenoxy) is 1. The zero-order valence-corrected chi connectivity index (χ0v) is 11.9. The van der Waals surface area contributed by atoms with Crippen molar-refractivity contribution in [3.05, 3.63) is 34.3 Å². The number of aromatic amines is 1. The van der Waals surface area contributed by atoms with Crippen LogP contribution in [0.1, 0.15) is 38.3 Å². The Morgan fingerprint density at radius 3 is 3.05 bits per heavy atom. The SMILES string of the molecule is CCNC(c1ccc2[nH]c(=O)oc2c1)C1(C)CCCO1. The normalized spacial score (nSPS) is 24.3. The van der Waals surface area contributed by atoms with Gasteiger partial charge in [-0.25, -0.2) is 4.79 Å². The minimum atomic E-state index is -0.416. The molecule has 0 radical (unpaired) electrons. The van der Waals surface area contributed by atoms with E-state index in [1.165, 1.54) is 0 Å². The van der Waals surface area contributed by atoms with Gasteiger partial charge in [0.1, 0.15) is 0 Å². The van der Waals surface area contributed by atoms with E-state index >= 15 is 0 Å². The quantitative estimate of drug-likeness (QED) is 0.899. The maximum Gasteiger partial charge on any atom is 0.417 e. The van der Waals surface area contributed by atoms with Crippen LogP contribution in [0.15, 0.2) is 27.4 Å². The molecule has 2 aromatic rings. The molecule has 1 aromatic carbocycles. The van der Waals surface area contributed by atoms with Crippen molar-refractivity contribution in [3.63, 3.8) is 0 Å². The van der Waals surface area contributed by atoms with Gasteiger partial charge in [-0.1, -0.05) is 13.0 Å². The lowest BCUT2D eigenvalue weighted by molar-refractivity contribution is -0.0120. The van der Waals surface area contributed by atoms with Gasteiger partial charge in [0.2, 0.25) is 0 Å². The lowest BCUT2D eigenvalue weighted by atomic mass is 9.87. The van der Waals surface area contributed by atoms with Gasteiger partial charge in [-0.15, -0.1) is 0 Å². The van der Waals surface area contributed by atoms with E-state index in [-0.39, 0.29) is 11.6 Å². The number of H-pyrrole nitrogens is 1. The summed E-state index contributed by atoms with van der Waals surface area (Å²) in [5.74, 6) is -0.416. The first-order chi connectivity index (χ1) is 9.62. The summed E-state index contributed by atoms with van der Waals surface area (Å²) in [6.45, 7) is 5.89. The summed E-state index contributed by atoms with van der Waals surface area (Å²) in [5.41, 5.74) is 2.20. The highest BCUT2D eigenvalue weighted by molar-refractivity contribution is 5.73. The Bertz CT molecular complexity index is 652. The highest BCUT2D eigenvalue weighted by Crippen LogP contribution is 2.37. The molecule has 2 atom stereocenters. The maximum atomic E-state index is 11.3. The molecule has 0 bridgehead atoms. The number of rotatable bonds is 4. The molecule has 5 heteroatoms. The molecular formula is C15H20N2O3. The van der Waals surface area contributed by atoms with E-state index < -0.39 is 5.76 Å². The van der Waals surface area contributed by atoms with Crippen LogP contribution in [-0.4, -0.2) is 23.7 Å². The summed E-state index contributed by atoms with van der Waals surface area (Å²) in [6, 6.07) is 5.93. The lowest BCUT2D eigenvalue weighted by Gasteiger charge is -2.34. The summed E-state index contributed by atoms with van der Waals surface area (Å²) in [4.78, 5) is 13.9. The van der Waals surface area contributed by atoms with E-state index in [9.17, 15) is 4.79 Å². The molecule has 0 amide bonds. The number of aromatic nitrogens is 1. The molecule has 2 N–H and O–H groups in total. The van der Waals surface area contributed by atoms with Crippen LogP contribution in [-0.2, 0) is 4.74 Å². The van der Waals surface area contributed by atoms with Crippen molar-refractivity contribution in [2.75, 3.05) is 13.2 Å². The number of oxazole rings is 1. The number of likely N-dealkylation sites (N-methyl/N-ethyl adjacent to an activating group) is 1. The first-order valence-corrected chi connectivity index (χ1v) is 7.12. The molecule has 3 rings (SSSR count). The lowest BCUT2D eigenvalue weighted by Crippen LogP contribution is -2.41. The predicted molar refractivity (Wildman–Crippen MR) is 76.8 cm³/mol. The number of fused-ring (bicyclic) bond motifs is 1. The Balaban J connectivity index is 2.01. The molecular weight excluding hydrogens is 256 g/mol. The van der Waals surface area contributed by atoms with Crippen LogP contribution >= 0.6 is 0 Å². The van der Waals surface area contributed by atoms with Crippen LogP contribution in [0.4, 0.5) is 0 Å². The molecule has 20 heavy (non-hydrogen) atoms. The fourth-order valence-electron chi connectivity index (χ4n) is 3.06. The molecule has 1 aliphatic heterocycles. The minimum Gasteiger partial charge on any atom is -0.408 e. The third-order valence-corrected chi connectivity index (χ3v) is 4.05. The maximum absolute atomic E-state index is 11.3. The Morgan fingerprint density at radius 1 is 1.50 bits per heavy atom. The van der Waals surface area contributed by atoms with E-state index in [0.29, 0.717) is 5.58 Å². The van der Waals surface area contributed by atoms with Gasteiger partial charge >= 0.3 is 5.76 Å². The van der Waals surface area contributed by atoms with E-state index in [4.69, 9.17) is 9.15 Å². The van der Waals surface area contributed by atoms with Gasteiger partial charge in [-0.3, -0.25) is 4.98 Å². The average Bonchev–Trinajstić information content (AvgIpc) is 3.00. The zero-order chi connectivity index (χ0) is 14.2. The molecule has 5 nitrogen and oxygen atoms in total. The second kappa shape index (κ2) is 5.07. The molecule has 2 unspecified atom stereocenters. The topological polar surface area (TPSA) is 67.3 Å². The van der Waals surface area contributed by atoms with Crippen LogP contribution in [0, 0.1) is 0 Å². The largest absolute Gasteiger partial charge is 0.417 e. The zero-order valence-electron chi connectivity index (χ0n) is 11.9. The summed E-state index contributed by atoms with van der Waals surface area (Å²) in [6.07, 6.45) is 2.11. The van der Waals surface area contributed by atoms with E-state index in [1.54, 1.807) is 0 Å². The molecule has 1 aliphatic rings. The Morgan fingerprint density at radius 2 is 2.35 bits per heavy atom. The highest BCUT2D eigenvalue weighted by atomic mass is 16.5. The third-order valence-electron chi connectivity index (χ3n) is 4.05. The molecule has 1 aromatic heterocycles. The number of hydrogen-bond acceptors (Lipinski definition) is 4. The second-order valence-electron chi connectivity index (χ2n) is 5.53. The molecule has 0 aliphatic carbocycles. The average molecular weight is 276 g/mol. The first kappa shape index (κ1) is 13.4. The van der Waals surface area contributed by atoms with E-state index in [0.717, 1.165) is 37.1 Å². The molecule has 108 valence electrons. The monoisotopic (exact) mass is 276 g/mol. The molecule has 0 saturated carbocycles. The van der Waals surface area contributed by atoms with Crippen molar-refractivity contribution in [2.24, 2.45) is 0 Å². The van der Waals surface area contributed by atoms with Crippen molar-refractivity contribution in [2.45, 2.75) is 38.3 Å². The van der Waals surface area contributed by atoms with Gasteiger partial charge < -0.3 is 14.5 Å². The minimum absolute atomic E-state index is 0.0969. The standard InChI is InChI=1S/C15H20N2O3/c1-3-16-13(15(2)7-4-8-19-15)10-5-6-11-12(9-10)20-14(18)17-11/h5-6,9,13,16H,3-4,7-8H2,1-2H3,(H,17,18). The Hall–Kier alpha value is -1.59. The predicted octanol–water partition coefficient (Wildman–Crippen LogP) is 2.34. The fourth-order valence-corrected chi connectivity index (χ4v) is 3.06. The first-order valence-electron chi connectivity index (χ1n) is 7.12.